The van der Waals surface area contributed by atoms with Crippen molar-refractivity contribution in [2.75, 3.05) is 32.1 Å². The number of aliphatic hydroxyl groups is 1. The summed E-state index contributed by atoms with van der Waals surface area (Å²) in [5, 5.41) is 10.2. The number of nitrogen functional groups attached to an aromatic ring is 1. The Morgan fingerprint density at radius 3 is 3.10 bits per heavy atom. The maximum Gasteiger partial charge on any atom is 0.273 e. The van der Waals surface area contributed by atoms with Crippen LogP contribution in [-0.4, -0.2) is 53.3 Å². The Morgan fingerprint density at radius 2 is 2.29 bits per heavy atom. The molecule has 0 spiro atoms. The fourth-order valence-electron chi connectivity index (χ4n) is 2.53. The van der Waals surface area contributed by atoms with E-state index >= 15 is 0 Å². The average molecular weight is 287 g/mol. The number of carbonyl (C=O) groups excluding carboxylic acids is 1. The van der Waals surface area contributed by atoms with Crippen LogP contribution >= 0.6 is 0 Å². The molecular formula is C15H17N3O3. The van der Waals surface area contributed by atoms with E-state index in [9.17, 15) is 9.90 Å². The highest BCUT2D eigenvalue weighted by atomic mass is 16.5. The summed E-state index contributed by atoms with van der Waals surface area (Å²) < 4.78 is 5.28. The minimum absolute atomic E-state index is 0.130. The molecule has 0 radical (unpaired) electrons. The van der Waals surface area contributed by atoms with Gasteiger partial charge in [-0.15, -0.1) is 0 Å². The fourth-order valence-corrected chi connectivity index (χ4v) is 2.53. The van der Waals surface area contributed by atoms with Gasteiger partial charge in [0.1, 0.15) is 5.69 Å². The molecule has 1 fully saturated rings. The number of fused-ring (bicyclic) bond motifs is 1. The zero-order valence-electron chi connectivity index (χ0n) is 11.5. The number of hydrogen-bond acceptors (Lipinski definition) is 5. The lowest BCUT2D eigenvalue weighted by Crippen LogP contribution is -2.50. The van der Waals surface area contributed by atoms with Crippen molar-refractivity contribution in [1.82, 2.24) is 9.88 Å². The molecule has 3 N–H and O–H groups in total. The lowest BCUT2D eigenvalue weighted by Gasteiger charge is -2.34. The van der Waals surface area contributed by atoms with Crippen LogP contribution in [0.25, 0.3) is 10.9 Å². The fraction of sp³-hybridized carbons (Fsp3) is 0.333. The molecule has 1 aliphatic heterocycles. The van der Waals surface area contributed by atoms with Crippen LogP contribution in [0.3, 0.4) is 0 Å². The molecule has 3 rings (SSSR count). The zero-order chi connectivity index (χ0) is 14.8. The van der Waals surface area contributed by atoms with E-state index < -0.39 is 0 Å². The number of aliphatic hydroxyl groups excluding tert-OH is 1. The van der Waals surface area contributed by atoms with Crippen LogP contribution in [0.5, 0.6) is 0 Å². The van der Waals surface area contributed by atoms with Crippen molar-refractivity contribution in [3.63, 3.8) is 0 Å². The number of pyridine rings is 1. The van der Waals surface area contributed by atoms with Gasteiger partial charge in [-0.25, -0.2) is 4.98 Å². The number of para-hydroxylation sites is 1. The Morgan fingerprint density at radius 1 is 1.48 bits per heavy atom. The Bertz CT molecular complexity index is 674. The number of morpholine rings is 1. The summed E-state index contributed by atoms with van der Waals surface area (Å²) in [5.74, 6) is -0.227. The molecule has 6 nitrogen and oxygen atoms in total. The first-order valence-corrected chi connectivity index (χ1v) is 6.85. The van der Waals surface area contributed by atoms with Gasteiger partial charge in [0.05, 0.1) is 31.4 Å². The summed E-state index contributed by atoms with van der Waals surface area (Å²) >= 11 is 0. The number of benzene rings is 1. The van der Waals surface area contributed by atoms with Gasteiger partial charge in [0.2, 0.25) is 0 Å². The van der Waals surface area contributed by atoms with E-state index in [0.717, 1.165) is 5.39 Å². The van der Waals surface area contributed by atoms with Gasteiger partial charge in [-0.1, -0.05) is 18.2 Å². The monoisotopic (exact) mass is 287 g/mol. The van der Waals surface area contributed by atoms with Gasteiger partial charge in [-0.3, -0.25) is 4.79 Å². The maximum atomic E-state index is 12.6. The van der Waals surface area contributed by atoms with Crippen LogP contribution in [0.15, 0.2) is 30.3 Å². The van der Waals surface area contributed by atoms with E-state index in [1.807, 2.05) is 24.3 Å². The van der Waals surface area contributed by atoms with Crippen molar-refractivity contribution in [2.24, 2.45) is 0 Å². The van der Waals surface area contributed by atoms with Gasteiger partial charge in [0, 0.05) is 17.6 Å². The molecule has 0 aliphatic carbocycles. The van der Waals surface area contributed by atoms with Crippen LogP contribution in [0.4, 0.5) is 5.69 Å². The average Bonchev–Trinajstić information content (AvgIpc) is 2.54. The number of nitrogens with two attached hydrogens (primary N) is 1. The maximum absolute atomic E-state index is 12.6. The van der Waals surface area contributed by atoms with Crippen molar-refractivity contribution >= 4 is 22.5 Å². The van der Waals surface area contributed by atoms with Crippen LogP contribution in [0, 0.1) is 0 Å². The number of ether oxygens (including phenoxy) is 1. The molecule has 110 valence electrons. The molecule has 1 atom stereocenters. The Kier molecular flexibility index (Phi) is 3.72. The smallest absolute Gasteiger partial charge is 0.273 e. The predicted octanol–water partition coefficient (Wildman–Crippen LogP) is 0.650. The van der Waals surface area contributed by atoms with Crippen LogP contribution in [0.2, 0.25) is 0 Å². The van der Waals surface area contributed by atoms with Gasteiger partial charge in [0.15, 0.2) is 0 Å². The van der Waals surface area contributed by atoms with Crippen molar-refractivity contribution < 1.29 is 14.6 Å². The third-order valence-corrected chi connectivity index (χ3v) is 3.67. The number of anilines is 1. The van der Waals surface area contributed by atoms with E-state index in [0.29, 0.717) is 36.7 Å². The topological polar surface area (TPSA) is 88.7 Å². The van der Waals surface area contributed by atoms with Crippen LogP contribution in [0.1, 0.15) is 10.5 Å². The summed E-state index contributed by atoms with van der Waals surface area (Å²) in [4.78, 5) is 18.6. The highest BCUT2D eigenvalue weighted by Crippen LogP contribution is 2.21. The SMILES string of the molecule is Nc1cc(C(=O)N2CCOCC2CO)nc2ccccc12. The van der Waals surface area contributed by atoms with Crippen molar-refractivity contribution in [1.29, 1.82) is 0 Å². The Balaban J connectivity index is 1.97. The number of rotatable bonds is 2. The summed E-state index contributed by atoms with van der Waals surface area (Å²) in [5.41, 5.74) is 7.52. The second kappa shape index (κ2) is 5.67. The van der Waals surface area contributed by atoms with Gasteiger partial charge in [-0.2, -0.15) is 0 Å². The van der Waals surface area contributed by atoms with E-state index in [-0.39, 0.29) is 18.6 Å². The number of hydrogen-bond donors (Lipinski definition) is 2. The normalized spacial score (nSPS) is 18.9. The van der Waals surface area contributed by atoms with Crippen molar-refractivity contribution in [2.45, 2.75) is 6.04 Å². The van der Waals surface area contributed by atoms with Crippen molar-refractivity contribution in [3.05, 3.63) is 36.0 Å². The van der Waals surface area contributed by atoms with Gasteiger partial charge >= 0.3 is 0 Å². The van der Waals surface area contributed by atoms with Gasteiger partial charge in [0.25, 0.3) is 5.91 Å². The number of nitrogens with zero attached hydrogens (tertiary/aromatic N) is 2. The number of aromatic nitrogens is 1. The Hall–Kier alpha value is -2.18. The second-order valence-corrected chi connectivity index (χ2v) is 5.02. The highest BCUT2D eigenvalue weighted by Gasteiger charge is 2.28. The molecule has 1 aromatic carbocycles. The largest absolute Gasteiger partial charge is 0.398 e. The van der Waals surface area contributed by atoms with E-state index in [4.69, 9.17) is 10.5 Å². The minimum atomic E-state index is -0.333. The van der Waals surface area contributed by atoms with Gasteiger partial charge in [-0.05, 0) is 12.1 Å². The number of carbonyl (C=O) groups is 1. The molecule has 1 unspecified atom stereocenters. The van der Waals surface area contributed by atoms with E-state index in [1.165, 1.54) is 0 Å². The second-order valence-electron chi connectivity index (χ2n) is 5.02. The first-order chi connectivity index (χ1) is 10.2. The van der Waals surface area contributed by atoms with Crippen LogP contribution in [-0.2, 0) is 4.74 Å². The van der Waals surface area contributed by atoms with E-state index in [1.54, 1.807) is 11.0 Å². The summed E-state index contributed by atoms with van der Waals surface area (Å²) in [6.07, 6.45) is 0. The third-order valence-electron chi connectivity index (χ3n) is 3.67. The molecular weight excluding hydrogens is 270 g/mol. The molecule has 0 saturated carbocycles. The van der Waals surface area contributed by atoms with Crippen LogP contribution < -0.4 is 5.73 Å². The molecule has 1 saturated heterocycles. The standard InChI is InChI=1S/C15H17N3O3/c16-12-7-14(17-13-4-2-1-3-11(12)13)15(20)18-5-6-21-9-10(18)8-19/h1-4,7,10,19H,5-6,8-9H2,(H2,16,17). The first kappa shape index (κ1) is 13.8. The zero-order valence-corrected chi connectivity index (χ0v) is 11.5. The van der Waals surface area contributed by atoms with E-state index in [2.05, 4.69) is 4.98 Å². The molecule has 2 heterocycles. The quantitative estimate of drug-likeness (QED) is 0.846. The summed E-state index contributed by atoms with van der Waals surface area (Å²) in [7, 11) is 0. The molecule has 6 heteroatoms. The lowest BCUT2D eigenvalue weighted by molar-refractivity contribution is -0.0186. The molecule has 1 aliphatic rings. The minimum Gasteiger partial charge on any atom is -0.398 e. The molecule has 1 amide bonds. The predicted molar refractivity (Wildman–Crippen MR) is 78.9 cm³/mol. The lowest BCUT2D eigenvalue weighted by atomic mass is 10.1. The molecule has 1 aromatic heterocycles. The molecule has 2 aromatic rings. The first-order valence-electron chi connectivity index (χ1n) is 6.85. The molecule has 21 heavy (non-hydrogen) atoms. The highest BCUT2D eigenvalue weighted by molar-refractivity contribution is 5.99. The van der Waals surface area contributed by atoms with Crippen molar-refractivity contribution in [3.8, 4) is 0 Å². The summed E-state index contributed by atoms with van der Waals surface area (Å²) in [6, 6.07) is 8.69. The van der Waals surface area contributed by atoms with Gasteiger partial charge < -0.3 is 20.5 Å². The number of amides is 1. The third kappa shape index (κ3) is 2.55. The summed E-state index contributed by atoms with van der Waals surface area (Å²) in [6.45, 7) is 1.11. The Labute approximate surface area is 122 Å². The molecule has 0 bridgehead atoms.